The molecule has 1 aromatic heterocycles. The first-order valence-electron chi connectivity index (χ1n) is 11.5. The van der Waals surface area contributed by atoms with Crippen molar-refractivity contribution in [2.24, 2.45) is 5.41 Å². The van der Waals surface area contributed by atoms with Gasteiger partial charge in [0.2, 0.25) is 5.91 Å². The molecular formula is C23H27BClF3N4O6. The van der Waals surface area contributed by atoms with Crippen molar-refractivity contribution >= 4 is 42.2 Å². The second kappa shape index (κ2) is 11.3. The monoisotopic (exact) mass is 558 g/mol. The number of aromatic nitrogens is 1. The predicted molar refractivity (Wildman–Crippen MR) is 134 cm³/mol. The fraction of sp³-hybridized carbons (Fsp3) is 0.435. The molecule has 1 fully saturated rings. The van der Waals surface area contributed by atoms with Crippen LogP contribution in [-0.4, -0.2) is 71.1 Å². The molecule has 0 bridgehead atoms. The Hall–Kier alpha value is -3.23. The Bertz CT molecular complexity index is 1180. The van der Waals surface area contributed by atoms with E-state index in [0.717, 1.165) is 12.1 Å². The predicted octanol–water partition coefficient (Wildman–Crippen LogP) is 3.32. The maximum Gasteiger partial charge on any atom is 0.707 e. The van der Waals surface area contributed by atoms with Gasteiger partial charge < -0.3 is 34.6 Å². The van der Waals surface area contributed by atoms with E-state index in [1.807, 2.05) is 37.5 Å². The van der Waals surface area contributed by atoms with Gasteiger partial charge >= 0.3 is 13.7 Å². The number of pyridine rings is 1. The zero-order valence-electron chi connectivity index (χ0n) is 21.0. The quantitative estimate of drug-likeness (QED) is 0.462. The van der Waals surface area contributed by atoms with Crippen molar-refractivity contribution < 1.29 is 42.2 Å². The highest BCUT2D eigenvalue weighted by Gasteiger charge is 2.34. The van der Waals surface area contributed by atoms with Gasteiger partial charge in [-0.05, 0) is 19.1 Å². The van der Waals surface area contributed by atoms with Crippen LogP contribution < -0.4 is 19.6 Å². The van der Waals surface area contributed by atoms with Gasteiger partial charge in [0.15, 0.2) is 5.75 Å². The smallest absolute Gasteiger partial charge is 0.509 e. The Balaban J connectivity index is 1.73. The zero-order chi connectivity index (χ0) is 28.4. The number of benzene rings is 1. The molecular weight excluding hydrogens is 532 g/mol. The molecule has 0 spiro atoms. The van der Waals surface area contributed by atoms with Gasteiger partial charge in [0.05, 0.1) is 16.3 Å². The van der Waals surface area contributed by atoms with Gasteiger partial charge in [0.1, 0.15) is 11.6 Å². The fourth-order valence-electron chi connectivity index (χ4n) is 3.88. The van der Waals surface area contributed by atoms with E-state index in [9.17, 15) is 22.8 Å². The topological polar surface area (TPSA) is 124 Å². The van der Waals surface area contributed by atoms with Gasteiger partial charge in [-0.2, -0.15) is 0 Å². The number of hydrogen-bond acceptors (Lipinski definition) is 8. The maximum absolute atomic E-state index is 12.8. The van der Waals surface area contributed by atoms with E-state index in [1.165, 1.54) is 12.3 Å². The second-order valence-electron chi connectivity index (χ2n) is 9.67. The third-order valence-corrected chi connectivity index (χ3v) is 5.91. The van der Waals surface area contributed by atoms with Crippen molar-refractivity contribution in [3.63, 3.8) is 0 Å². The average molecular weight is 559 g/mol. The second-order valence-corrected chi connectivity index (χ2v) is 10.1. The van der Waals surface area contributed by atoms with Crippen LogP contribution in [0, 0.1) is 5.41 Å². The van der Waals surface area contributed by atoms with E-state index in [4.69, 9.17) is 21.6 Å². The molecule has 15 heteroatoms. The fourth-order valence-corrected chi connectivity index (χ4v) is 4.08. The summed E-state index contributed by atoms with van der Waals surface area (Å²) in [6.07, 6.45) is -3.82. The number of carbonyl (C=O) groups is 2. The third kappa shape index (κ3) is 7.42. The van der Waals surface area contributed by atoms with Gasteiger partial charge in [-0.1, -0.05) is 32.4 Å². The van der Waals surface area contributed by atoms with E-state index < -0.39 is 36.5 Å². The van der Waals surface area contributed by atoms with Gasteiger partial charge in [-0.25, -0.2) is 4.98 Å². The SMILES string of the molecule is C[C@@H]1CN(C(=O)C(C)(C)C)CCN1c1ccc(C(=O)Nc2cc(OC(F)(F)F)c(OB(O)O)cc2Cl)cn1. The largest absolute Gasteiger partial charge is 0.707 e. The highest BCUT2D eigenvalue weighted by molar-refractivity contribution is 6.35. The first kappa shape index (κ1) is 29.3. The minimum Gasteiger partial charge on any atom is -0.509 e. The van der Waals surface area contributed by atoms with Crippen LogP contribution in [0.3, 0.4) is 0 Å². The summed E-state index contributed by atoms with van der Waals surface area (Å²) in [5.41, 5.74) is -0.623. The van der Waals surface area contributed by atoms with Crippen LogP contribution in [0.5, 0.6) is 11.5 Å². The number of hydrogen-bond donors (Lipinski definition) is 3. The van der Waals surface area contributed by atoms with Crippen LogP contribution in [0.15, 0.2) is 30.5 Å². The Morgan fingerprint density at radius 2 is 1.84 bits per heavy atom. The summed E-state index contributed by atoms with van der Waals surface area (Å²) in [5, 5.41) is 20.0. The molecule has 10 nitrogen and oxygen atoms in total. The van der Waals surface area contributed by atoms with E-state index in [1.54, 1.807) is 6.07 Å². The van der Waals surface area contributed by atoms with Crippen LogP contribution in [0.25, 0.3) is 0 Å². The number of carbonyl (C=O) groups excluding carboxylic acids is 2. The molecule has 3 N–H and O–H groups in total. The lowest BCUT2D eigenvalue weighted by molar-refractivity contribution is -0.275. The number of ether oxygens (including phenoxy) is 1. The molecule has 0 radical (unpaired) electrons. The van der Waals surface area contributed by atoms with Crippen molar-refractivity contribution in [3.05, 3.63) is 41.0 Å². The summed E-state index contributed by atoms with van der Waals surface area (Å²) < 4.78 is 46.7. The van der Waals surface area contributed by atoms with Gasteiger partial charge in [-0.15, -0.1) is 13.2 Å². The number of anilines is 2. The van der Waals surface area contributed by atoms with E-state index >= 15 is 0 Å². The molecule has 0 saturated carbocycles. The molecule has 38 heavy (non-hydrogen) atoms. The van der Waals surface area contributed by atoms with E-state index in [0.29, 0.717) is 25.5 Å². The lowest BCUT2D eigenvalue weighted by Gasteiger charge is -2.42. The Morgan fingerprint density at radius 3 is 2.37 bits per heavy atom. The standard InChI is InChI=1S/C23H27BClF3N4O6/c1-13-12-31(21(34)22(2,3)4)7-8-32(13)19-6-5-14(11-29-19)20(33)30-16-10-17(37-23(26,27)28)18(9-15(16)25)38-24(35)36/h5-6,9-11,13,35-36H,7-8,12H2,1-4H3,(H,30,33)/t13-/m1/s1. The Labute approximate surface area is 222 Å². The van der Waals surface area contributed by atoms with Crippen molar-refractivity contribution in [2.75, 3.05) is 29.9 Å². The summed E-state index contributed by atoms with van der Waals surface area (Å²) >= 11 is 6.05. The normalized spacial score (nSPS) is 16.2. The number of nitrogens with zero attached hydrogens (tertiary/aromatic N) is 3. The maximum atomic E-state index is 12.8. The first-order valence-corrected chi connectivity index (χ1v) is 11.9. The molecule has 2 aromatic rings. The molecule has 206 valence electrons. The molecule has 0 aliphatic carbocycles. The van der Waals surface area contributed by atoms with Gasteiger partial charge in [0, 0.05) is 49.4 Å². The number of piperazine rings is 1. The summed E-state index contributed by atoms with van der Waals surface area (Å²) in [7, 11) is -2.43. The third-order valence-electron chi connectivity index (χ3n) is 5.60. The summed E-state index contributed by atoms with van der Waals surface area (Å²) in [5.74, 6) is -1.70. The van der Waals surface area contributed by atoms with Crippen LogP contribution in [0.1, 0.15) is 38.1 Å². The summed E-state index contributed by atoms with van der Waals surface area (Å²) in [4.78, 5) is 33.5. The molecule has 1 aliphatic heterocycles. The highest BCUT2D eigenvalue weighted by atomic mass is 35.5. The average Bonchev–Trinajstić information content (AvgIpc) is 2.79. The minimum absolute atomic E-state index is 0.0220. The molecule has 2 amide bonds. The number of amides is 2. The minimum atomic E-state index is -5.13. The van der Waals surface area contributed by atoms with E-state index in [-0.39, 0.29) is 28.2 Å². The van der Waals surface area contributed by atoms with Crippen molar-refractivity contribution in [1.29, 1.82) is 0 Å². The Morgan fingerprint density at radius 1 is 1.16 bits per heavy atom. The number of nitrogens with one attached hydrogen (secondary N) is 1. The van der Waals surface area contributed by atoms with Gasteiger partial charge in [0.25, 0.3) is 5.91 Å². The molecule has 0 unspecified atom stereocenters. The summed E-state index contributed by atoms with van der Waals surface area (Å²) in [6.45, 7) is 9.18. The number of rotatable bonds is 6. The molecule has 1 aromatic carbocycles. The zero-order valence-corrected chi connectivity index (χ0v) is 21.8. The van der Waals surface area contributed by atoms with Crippen molar-refractivity contribution in [1.82, 2.24) is 9.88 Å². The van der Waals surface area contributed by atoms with Crippen molar-refractivity contribution in [2.45, 2.75) is 40.1 Å². The summed E-state index contributed by atoms with van der Waals surface area (Å²) in [6, 6.07) is 4.69. The highest BCUT2D eigenvalue weighted by Crippen LogP contribution is 2.39. The Kier molecular flexibility index (Phi) is 8.69. The molecule has 1 saturated heterocycles. The molecule has 2 heterocycles. The van der Waals surface area contributed by atoms with Crippen LogP contribution in [0.2, 0.25) is 5.02 Å². The first-order chi connectivity index (χ1) is 17.5. The van der Waals surface area contributed by atoms with Crippen LogP contribution in [-0.2, 0) is 4.79 Å². The lowest BCUT2D eigenvalue weighted by atomic mass is 9.94. The van der Waals surface area contributed by atoms with Crippen molar-refractivity contribution in [3.8, 4) is 11.5 Å². The van der Waals surface area contributed by atoms with Crippen LogP contribution >= 0.6 is 11.6 Å². The molecule has 1 atom stereocenters. The van der Waals surface area contributed by atoms with E-state index in [2.05, 4.69) is 19.7 Å². The number of alkyl halides is 3. The van der Waals surface area contributed by atoms with Crippen LogP contribution in [0.4, 0.5) is 24.7 Å². The molecule has 3 rings (SSSR count). The van der Waals surface area contributed by atoms with Gasteiger partial charge in [-0.3, -0.25) is 9.59 Å². The number of halogens is 4. The molecule has 1 aliphatic rings. The lowest BCUT2D eigenvalue weighted by Crippen LogP contribution is -2.56.